The van der Waals surface area contributed by atoms with Crippen LogP contribution in [0.4, 0.5) is 0 Å². The molecule has 2 rings (SSSR count). The molecule has 0 saturated carbocycles. The Kier molecular flexibility index (Phi) is 15.7. The third kappa shape index (κ3) is 12.7. The molecule has 6 nitrogen and oxygen atoms in total. The van der Waals surface area contributed by atoms with Gasteiger partial charge in [0, 0.05) is 53.5 Å². The van der Waals surface area contributed by atoms with E-state index in [9.17, 15) is 0 Å². The van der Waals surface area contributed by atoms with Crippen molar-refractivity contribution in [3.05, 3.63) is 71.8 Å². The quantitative estimate of drug-likeness (QED) is 0.491. The van der Waals surface area contributed by atoms with Gasteiger partial charge in [-0.15, -0.1) is 0 Å². The number of benzene rings is 2. The fourth-order valence-corrected chi connectivity index (χ4v) is 2.95. The summed E-state index contributed by atoms with van der Waals surface area (Å²) in [6.45, 7) is 6.61. The maximum Gasteiger partial charge on any atom is 0.0589 e. The first-order valence-electron chi connectivity index (χ1n) is 10.5. The molecule has 2 aromatic rings. The standard InChI is InChI=1S/2C12H19NO2/c2*1-15-10-8-13(7-9-14)11-12-5-3-2-4-6-12/h2*2-6,14H,7-11H2,1H3. The topological polar surface area (TPSA) is 65.4 Å². The van der Waals surface area contributed by atoms with Gasteiger partial charge in [0.05, 0.1) is 26.4 Å². The lowest BCUT2D eigenvalue weighted by molar-refractivity contribution is 0.126. The highest BCUT2D eigenvalue weighted by atomic mass is 16.5. The Morgan fingerprint density at radius 3 is 1.27 bits per heavy atom. The van der Waals surface area contributed by atoms with Crippen LogP contribution in [0.15, 0.2) is 60.7 Å². The molecule has 0 aliphatic heterocycles. The molecule has 6 heteroatoms. The van der Waals surface area contributed by atoms with Crippen molar-refractivity contribution in [1.82, 2.24) is 9.80 Å². The van der Waals surface area contributed by atoms with Crippen molar-refractivity contribution < 1.29 is 19.7 Å². The van der Waals surface area contributed by atoms with Crippen LogP contribution in [0.2, 0.25) is 0 Å². The number of aliphatic hydroxyl groups is 2. The average Bonchev–Trinajstić information content (AvgIpc) is 2.78. The zero-order chi connectivity index (χ0) is 21.9. The number of aliphatic hydroxyl groups excluding tert-OH is 2. The van der Waals surface area contributed by atoms with Gasteiger partial charge in [-0.25, -0.2) is 0 Å². The Bertz CT molecular complexity index is 558. The molecule has 0 radical (unpaired) electrons. The minimum atomic E-state index is 0.191. The van der Waals surface area contributed by atoms with Gasteiger partial charge in [0.1, 0.15) is 0 Å². The van der Waals surface area contributed by atoms with Gasteiger partial charge in [-0.3, -0.25) is 9.80 Å². The fourth-order valence-electron chi connectivity index (χ4n) is 2.95. The van der Waals surface area contributed by atoms with Gasteiger partial charge in [-0.05, 0) is 11.1 Å². The smallest absolute Gasteiger partial charge is 0.0589 e. The summed E-state index contributed by atoms with van der Waals surface area (Å²) in [5, 5.41) is 17.9. The van der Waals surface area contributed by atoms with Crippen LogP contribution in [0.5, 0.6) is 0 Å². The maximum atomic E-state index is 8.93. The molecule has 2 aromatic carbocycles. The molecule has 0 saturated heterocycles. The van der Waals surface area contributed by atoms with Gasteiger partial charge in [0.25, 0.3) is 0 Å². The van der Waals surface area contributed by atoms with Crippen LogP contribution < -0.4 is 0 Å². The van der Waals surface area contributed by atoms with E-state index in [4.69, 9.17) is 19.7 Å². The highest BCUT2D eigenvalue weighted by molar-refractivity contribution is 5.15. The minimum absolute atomic E-state index is 0.191. The molecule has 0 aliphatic rings. The van der Waals surface area contributed by atoms with Crippen LogP contribution >= 0.6 is 0 Å². The normalized spacial score (nSPS) is 10.9. The lowest BCUT2D eigenvalue weighted by Crippen LogP contribution is -2.29. The fraction of sp³-hybridized carbons (Fsp3) is 0.500. The van der Waals surface area contributed by atoms with Gasteiger partial charge >= 0.3 is 0 Å². The number of methoxy groups -OCH3 is 2. The molecule has 0 aliphatic carbocycles. The summed E-state index contributed by atoms with van der Waals surface area (Å²) in [5.74, 6) is 0. The summed E-state index contributed by atoms with van der Waals surface area (Å²) in [6.07, 6.45) is 0. The van der Waals surface area contributed by atoms with E-state index in [0.29, 0.717) is 26.3 Å². The number of hydrogen-bond donors (Lipinski definition) is 2. The third-order valence-electron chi connectivity index (χ3n) is 4.55. The second kappa shape index (κ2) is 18.0. The lowest BCUT2D eigenvalue weighted by atomic mass is 10.2. The van der Waals surface area contributed by atoms with Crippen molar-refractivity contribution in [3.63, 3.8) is 0 Å². The Morgan fingerprint density at radius 2 is 0.967 bits per heavy atom. The van der Waals surface area contributed by atoms with Crippen molar-refractivity contribution in [1.29, 1.82) is 0 Å². The third-order valence-corrected chi connectivity index (χ3v) is 4.55. The Hall–Kier alpha value is -1.80. The van der Waals surface area contributed by atoms with E-state index >= 15 is 0 Å². The van der Waals surface area contributed by atoms with Crippen LogP contribution in [0.1, 0.15) is 11.1 Å². The number of hydrogen-bond acceptors (Lipinski definition) is 6. The number of ether oxygens (including phenoxy) is 2. The van der Waals surface area contributed by atoms with Crippen molar-refractivity contribution in [3.8, 4) is 0 Å². The summed E-state index contributed by atoms with van der Waals surface area (Å²) in [5.41, 5.74) is 2.53. The van der Waals surface area contributed by atoms with Gasteiger partial charge < -0.3 is 19.7 Å². The van der Waals surface area contributed by atoms with Gasteiger partial charge in [-0.1, -0.05) is 60.7 Å². The molecule has 0 unspecified atom stereocenters. The molecule has 0 amide bonds. The Morgan fingerprint density at radius 1 is 0.600 bits per heavy atom. The molecule has 2 N–H and O–H groups in total. The summed E-state index contributed by atoms with van der Waals surface area (Å²) in [6, 6.07) is 20.5. The largest absolute Gasteiger partial charge is 0.395 e. The molecule has 168 valence electrons. The summed E-state index contributed by atoms with van der Waals surface area (Å²) < 4.78 is 10.1. The summed E-state index contributed by atoms with van der Waals surface area (Å²) in [4.78, 5) is 4.36. The predicted molar refractivity (Wildman–Crippen MR) is 121 cm³/mol. The molecule has 0 spiro atoms. The van der Waals surface area contributed by atoms with Crippen LogP contribution in [0.25, 0.3) is 0 Å². The zero-order valence-corrected chi connectivity index (χ0v) is 18.4. The van der Waals surface area contributed by atoms with E-state index in [1.165, 1.54) is 11.1 Å². The Balaban J connectivity index is 0.000000300. The van der Waals surface area contributed by atoms with Crippen LogP contribution in [-0.2, 0) is 22.6 Å². The van der Waals surface area contributed by atoms with Crippen LogP contribution in [0.3, 0.4) is 0 Å². The average molecular weight is 419 g/mol. The SMILES string of the molecule is COCCN(CCO)Cc1ccccc1.COCCN(CCO)Cc1ccccc1. The second-order valence-electron chi connectivity index (χ2n) is 6.96. The van der Waals surface area contributed by atoms with E-state index in [1.807, 2.05) is 36.4 Å². The van der Waals surface area contributed by atoms with E-state index in [0.717, 1.165) is 26.2 Å². The van der Waals surface area contributed by atoms with Gasteiger partial charge in [0.2, 0.25) is 0 Å². The first-order valence-corrected chi connectivity index (χ1v) is 10.5. The molecular formula is C24H38N2O4. The van der Waals surface area contributed by atoms with Crippen LogP contribution in [-0.4, -0.2) is 86.8 Å². The van der Waals surface area contributed by atoms with Crippen molar-refractivity contribution >= 4 is 0 Å². The lowest BCUT2D eigenvalue weighted by Gasteiger charge is -2.20. The maximum absolute atomic E-state index is 8.93. The minimum Gasteiger partial charge on any atom is -0.395 e. The van der Waals surface area contributed by atoms with Gasteiger partial charge in [0.15, 0.2) is 0 Å². The highest BCUT2D eigenvalue weighted by Gasteiger charge is 2.05. The van der Waals surface area contributed by atoms with E-state index in [1.54, 1.807) is 14.2 Å². The molecule has 0 atom stereocenters. The van der Waals surface area contributed by atoms with Crippen molar-refractivity contribution in [2.45, 2.75) is 13.1 Å². The molecular weight excluding hydrogens is 380 g/mol. The number of nitrogens with zero attached hydrogens (tertiary/aromatic N) is 2. The van der Waals surface area contributed by atoms with Crippen LogP contribution in [0, 0.1) is 0 Å². The second-order valence-corrected chi connectivity index (χ2v) is 6.96. The monoisotopic (exact) mass is 418 g/mol. The Labute approximate surface area is 181 Å². The van der Waals surface area contributed by atoms with Crippen molar-refractivity contribution in [2.24, 2.45) is 0 Å². The first-order chi connectivity index (χ1) is 14.7. The first kappa shape index (κ1) is 26.2. The van der Waals surface area contributed by atoms with Crippen molar-refractivity contribution in [2.75, 3.05) is 66.8 Å². The summed E-state index contributed by atoms with van der Waals surface area (Å²) in [7, 11) is 3.39. The highest BCUT2D eigenvalue weighted by Crippen LogP contribution is 2.04. The zero-order valence-electron chi connectivity index (χ0n) is 18.4. The summed E-state index contributed by atoms with van der Waals surface area (Å²) >= 11 is 0. The predicted octanol–water partition coefficient (Wildman–Crippen LogP) is 2.25. The number of rotatable bonds is 14. The van der Waals surface area contributed by atoms with Gasteiger partial charge in [-0.2, -0.15) is 0 Å². The molecule has 30 heavy (non-hydrogen) atoms. The van der Waals surface area contributed by atoms with E-state index in [-0.39, 0.29) is 13.2 Å². The molecule has 0 bridgehead atoms. The van der Waals surface area contributed by atoms with E-state index < -0.39 is 0 Å². The van der Waals surface area contributed by atoms with E-state index in [2.05, 4.69) is 34.1 Å². The molecule has 0 heterocycles. The molecule has 0 aromatic heterocycles. The molecule has 0 fully saturated rings.